The maximum Gasteiger partial charge on any atom is 0.307 e. The van der Waals surface area contributed by atoms with E-state index in [-0.39, 0.29) is 6.42 Å². The summed E-state index contributed by atoms with van der Waals surface area (Å²) in [5.74, 6) is -0.792. The van der Waals surface area contributed by atoms with E-state index in [9.17, 15) is 4.79 Å². The van der Waals surface area contributed by atoms with Crippen LogP contribution in [0.15, 0.2) is 16.6 Å². The molecule has 0 heterocycles. The van der Waals surface area contributed by atoms with Crippen molar-refractivity contribution in [3.63, 3.8) is 0 Å². The van der Waals surface area contributed by atoms with Gasteiger partial charge >= 0.3 is 5.97 Å². The third-order valence-corrected chi connectivity index (χ3v) is 3.67. The largest absolute Gasteiger partial charge is 0.481 e. The van der Waals surface area contributed by atoms with Crippen molar-refractivity contribution >= 4 is 44.5 Å². The topological polar surface area (TPSA) is 37.3 Å². The molecule has 4 heteroatoms. The Balaban J connectivity index is 3.17. The summed E-state index contributed by atoms with van der Waals surface area (Å²) in [6, 6.07) is 3.85. The molecule has 0 unspecified atom stereocenters. The van der Waals surface area contributed by atoms with Crippen LogP contribution in [0.4, 0.5) is 0 Å². The van der Waals surface area contributed by atoms with Crippen molar-refractivity contribution in [3.05, 3.63) is 31.3 Å². The summed E-state index contributed by atoms with van der Waals surface area (Å²) in [4.78, 5) is 10.6. The number of aliphatic carboxylic acids is 1. The van der Waals surface area contributed by atoms with Crippen molar-refractivity contribution in [1.29, 1.82) is 0 Å². The third kappa shape index (κ3) is 2.67. The number of rotatable bonds is 2. The van der Waals surface area contributed by atoms with Crippen LogP contribution in [0.1, 0.15) is 11.1 Å². The van der Waals surface area contributed by atoms with Gasteiger partial charge in [-0.3, -0.25) is 4.79 Å². The number of carboxylic acids is 1. The van der Waals surface area contributed by atoms with E-state index in [0.717, 1.165) is 19.2 Å². The van der Waals surface area contributed by atoms with Gasteiger partial charge in [0, 0.05) is 8.04 Å². The number of hydrogen-bond donors (Lipinski definition) is 1. The van der Waals surface area contributed by atoms with Gasteiger partial charge in [-0.2, -0.15) is 0 Å². The SMILES string of the molecule is Cc1c(Br)ccc(I)c1CC(=O)O. The van der Waals surface area contributed by atoms with E-state index in [2.05, 4.69) is 38.5 Å². The van der Waals surface area contributed by atoms with Crippen molar-refractivity contribution in [2.75, 3.05) is 0 Å². The van der Waals surface area contributed by atoms with Gasteiger partial charge in [0.05, 0.1) is 6.42 Å². The molecule has 0 saturated carbocycles. The van der Waals surface area contributed by atoms with Crippen LogP contribution in [-0.4, -0.2) is 11.1 Å². The van der Waals surface area contributed by atoms with E-state index in [1.807, 2.05) is 19.1 Å². The van der Waals surface area contributed by atoms with Crippen LogP contribution < -0.4 is 0 Å². The fraction of sp³-hybridized carbons (Fsp3) is 0.222. The molecule has 0 aromatic heterocycles. The zero-order valence-corrected chi connectivity index (χ0v) is 10.7. The van der Waals surface area contributed by atoms with E-state index in [1.54, 1.807) is 0 Å². The molecule has 0 spiro atoms. The molecule has 0 atom stereocenters. The van der Waals surface area contributed by atoms with Gasteiger partial charge in [-0.05, 0) is 52.8 Å². The van der Waals surface area contributed by atoms with E-state index in [1.165, 1.54) is 0 Å². The monoisotopic (exact) mass is 354 g/mol. The first-order chi connectivity index (χ1) is 6.02. The normalized spacial score (nSPS) is 10.1. The Bertz CT molecular complexity index is 350. The quantitative estimate of drug-likeness (QED) is 0.829. The Hall–Kier alpha value is -0.100. The van der Waals surface area contributed by atoms with Gasteiger partial charge in [-0.15, -0.1) is 0 Å². The number of carboxylic acid groups (broad SMARTS) is 1. The van der Waals surface area contributed by atoms with Crippen molar-refractivity contribution in [1.82, 2.24) is 0 Å². The zero-order valence-electron chi connectivity index (χ0n) is 6.97. The van der Waals surface area contributed by atoms with Crippen molar-refractivity contribution < 1.29 is 9.90 Å². The van der Waals surface area contributed by atoms with Crippen LogP contribution in [0.3, 0.4) is 0 Å². The highest BCUT2D eigenvalue weighted by Gasteiger charge is 2.09. The first-order valence-corrected chi connectivity index (χ1v) is 5.55. The minimum Gasteiger partial charge on any atom is -0.481 e. The average molecular weight is 355 g/mol. The molecule has 1 aromatic carbocycles. The number of hydrogen-bond acceptors (Lipinski definition) is 1. The summed E-state index contributed by atoms with van der Waals surface area (Å²) in [6.45, 7) is 1.92. The molecule has 1 aromatic rings. The maximum atomic E-state index is 10.6. The lowest BCUT2D eigenvalue weighted by atomic mass is 10.1. The standard InChI is InChI=1S/C9H8BrIO2/c1-5-6(4-9(12)13)8(11)3-2-7(5)10/h2-3H,4H2,1H3,(H,12,13). The Labute approximate surface area is 98.6 Å². The van der Waals surface area contributed by atoms with Crippen LogP contribution in [0.25, 0.3) is 0 Å². The second kappa shape index (κ2) is 4.41. The van der Waals surface area contributed by atoms with Crippen LogP contribution in [0, 0.1) is 10.5 Å². The molecule has 1 rings (SSSR count). The molecular weight excluding hydrogens is 347 g/mol. The van der Waals surface area contributed by atoms with E-state index in [0.29, 0.717) is 0 Å². The second-order valence-corrected chi connectivity index (χ2v) is 4.72. The summed E-state index contributed by atoms with van der Waals surface area (Å²) < 4.78 is 1.96. The van der Waals surface area contributed by atoms with Crippen LogP contribution in [0.2, 0.25) is 0 Å². The Kier molecular flexibility index (Phi) is 3.73. The lowest BCUT2D eigenvalue weighted by Gasteiger charge is -2.07. The minimum atomic E-state index is -0.792. The number of carbonyl (C=O) groups is 1. The lowest BCUT2D eigenvalue weighted by Crippen LogP contribution is -2.04. The first-order valence-electron chi connectivity index (χ1n) is 3.67. The molecule has 0 aliphatic rings. The molecule has 0 amide bonds. The highest BCUT2D eigenvalue weighted by Crippen LogP contribution is 2.24. The lowest BCUT2D eigenvalue weighted by molar-refractivity contribution is -0.136. The highest BCUT2D eigenvalue weighted by atomic mass is 127. The predicted octanol–water partition coefficient (Wildman–Crippen LogP) is 2.99. The fourth-order valence-electron chi connectivity index (χ4n) is 1.06. The number of benzene rings is 1. The molecule has 0 saturated heterocycles. The third-order valence-electron chi connectivity index (χ3n) is 1.80. The van der Waals surface area contributed by atoms with E-state index < -0.39 is 5.97 Å². The molecule has 70 valence electrons. The molecule has 0 bridgehead atoms. The highest BCUT2D eigenvalue weighted by molar-refractivity contribution is 14.1. The van der Waals surface area contributed by atoms with Gasteiger partial charge in [-0.25, -0.2) is 0 Å². The van der Waals surface area contributed by atoms with E-state index >= 15 is 0 Å². The van der Waals surface area contributed by atoms with Crippen LogP contribution in [0.5, 0.6) is 0 Å². The Morgan fingerprint density at radius 3 is 2.77 bits per heavy atom. The van der Waals surface area contributed by atoms with Gasteiger partial charge in [-0.1, -0.05) is 15.9 Å². The van der Waals surface area contributed by atoms with Gasteiger partial charge in [0.2, 0.25) is 0 Å². The zero-order chi connectivity index (χ0) is 10.0. The smallest absolute Gasteiger partial charge is 0.307 e. The van der Waals surface area contributed by atoms with Crippen LogP contribution in [-0.2, 0) is 11.2 Å². The van der Waals surface area contributed by atoms with Crippen molar-refractivity contribution in [2.24, 2.45) is 0 Å². The second-order valence-electron chi connectivity index (χ2n) is 2.70. The van der Waals surface area contributed by atoms with Gasteiger partial charge in [0.1, 0.15) is 0 Å². The predicted molar refractivity (Wildman–Crippen MR) is 62.9 cm³/mol. The summed E-state index contributed by atoms with van der Waals surface area (Å²) in [5.41, 5.74) is 1.90. The van der Waals surface area contributed by atoms with Crippen molar-refractivity contribution in [3.8, 4) is 0 Å². The molecular formula is C9H8BrIO2. The van der Waals surface area contributed by atoms with E-state index in [4.69, 9.17) is 5.11 Å². The molecule has 13 heavy (non-hydrogen) atoms. The van der Waals surface area contributed by atoms with Crippen molar-refractivity contribution in [2.45, 2.75) is 13.3 Å². The Morgan fingerprint density at radius 1 is 1.62 bits per heavy atom. The van der Waals surface area contributed by atoms with Gasteiger partial charge in [0.15, 0.2) is 0 Å². The molecule has 0 fully saturated rings. The molecule has 0 aliphatic heterocycles. The van der Waals surface area contributed by atoms with Gasteiger partial charge < -0.3 is 5.11 Å². The minimum absolute atomic E-state index is 0.0869. The maximum absolute atomic E-state index is 10.6. The fourth-order valence-corrected chi connectivity index (χ4v) is 2.21. The molecule has 0 aliphatic carbocycles. The summed E-state index contributed by atoms with van der Waals surface area (Å²) in [6.07, 6.45) is 0.0869. The van der Waals surface area contributed by atoms with Gasteiger partial charge in [0.25, 0.3) is 0 Å². The number of halogens is 2. The first kappa shape index (κ1) is 11.0. The Morgan fingerprint density at radius 2 is 2.23 bits per heavy atom. The molecule has 0 radical (unpaired) electrons. The summed E-state index contributed by atoms with van der Waals surface area (Å²) in [5, 5.41) is 8.69. The average Bonchev–Trinajstić information content (AvgIpc) is 2.05. The summed E-state index contributed by atoms with van der Waals surface area (Å²) >= 11 is 5.53. The molecule has 1 N–H and O–H groups in total. The van der Waals surface area contributed by atoms with Crippen LogP contribution >= 0.6 is 38.5 Å². The summed E-state index contributed by atoms with van der Waals surface area (Å²) in [7, 11) is 0. The molecule has 2 nitrogen and oxygen atoms in total.